The summed E-state index contributed by atoms with van der Waals surface area (Å²) in [5.74, 6) is -0.930. The normalized spacial score (nSPS) is 12.1. The van der Waals surface area contributed by atoms with Crippen molar-refractivity contribution < 1.29 is 9.90 Å². The first-order valence-electron chi connectivity index (χ1n) is 23.1. The van der Waals surface area contributed by atoms with Crippen molar-refractivity contribution in [1.29, 1.82) is 0 Å². The summed E-state index contributed by atoms with van der Waals surface area (Å²) >= 11 is 0. The van der Waals surface area contributed by atoms with Gasteiger partial charge in [0.15, 0.2) is 0 Å². The van der Waals surface area contributed by atoms with Crippen molar-refractivity contribution in [2.24, 2.45) is 0 Å². The molecule has 67 heavy (non-hydrogen) atoms. The molecule has 8 bridgehead atoms. The van der Waals surface area contributed by atoms with E-state index in [-0.39, 0.29) is 5.56 Å². The minimum absolute atomic E-state index is 0.277. The second-order valence-electron chi connectivity index (χ2n) is 18.8. The molecule has 5 aromatic carbocycles. The number of H-pyrrole nitrogens is 2. The van der Waals surface area contributed by atoms with E-state index < -0.39 is 5.97 Å². The molecule has 0 saturated heterocycles. The third-order valence-corrected chi connectivity index (χ3v) is 12.9. The molecule has 0 atom stereocenters. The van der Waals surface area contributed by atoms with Gasteiger partial charge in [-0.05, 0) is 156 Å². The average Bonchev–Trinajstić information content (AvgIpc) is 4.09. The van der Waals surface area contributed by atoms with Crippen LogP contribution in [0.1, 0.15) is 89.6 Å². The Bertz CT molecular complexity index is 3500. The number of nitrogens with zero attached hydrogens (tertiary/aromatic N) is 2. The molecule has 10 rings (SSSR count). The molecule has 2 aliphatic rings. The zero-order chi connectivity index (χ0) is 46.7. The fraction of sp³-hybridized carbons (Fsp3) is 0.164. The smallest absolute Gasteiger partial charge is 0.335 e. The van der Waals surface area contributed by atoms with Crippen molar-refractivity contribution in [1.82, 2.24) is 19.9 Å². The van der Waals surface area contributed by atoms with Gasteiger partial charge < -0.3 is 15.1 Å². The first-order valence-corrected chi connectivity index (χ1v) is 23.1. The van der Waals surface area contributed by atoms with Crippen LogP contribution in [0, 0.1) is 55.4 Å². The monoisotopic (exact) mass is 874 g/mol. The summed E-state index contributed by atoms with van der Waals surface area (Å²) in [4.78, 5) is 31.1. The average molecular weight is 875 g/mol. The Kier molecular flexibility index (Phi) is 11.1. The molecule has 5 heterocycles. The number of carboxylic acids is 1. The standard InChI is InChI=1S/C61H54N4O2/c1-34-21-35(2)26-45(25-34)56-49-15-16-50(62-49)57(46-27-36(3)22-37(4)28-46)52-19-20-54(64-52)59(48-31-40(7)24-41(8)32-48)60-44(14-11-42-9-12-43(13-10-42)61(66)67)33-55(65-60)58(53-18-17-51(56)63-53)47-29-38(5)23-39(6)30-47/h9-10,12-13,15-33,63-64H,11,14H2,1-8H3,(H,66,67). The largest absolute Gasteiger partial charge is 0.478 e. The number of aryl methyl sites for hydroxylation is 9. The summed E-state index contributed by atoms with van der Waals surface area (Å²) in [6.45, 7) is 17.2. The molecule has 0 fully saturated rings. The summed E-state index contributed by atoms with van der Waals surface area (Å²) in [5.41, 5.74) is 27.7. The van der Waals surface area contributed by atoms with Crippen molar-refractivity contribution in [3.63, 3.8) is 0 Å². The molecule has 0 radical (unpaired) electrons. The van der Waals surface area contributed by atoms with Crippen molar-refractivity contribution in [2.75, 3.05) is 0 Å². The van der Waals surface area contributed by atoms with Gasteiger partial charge in [0, 0.05) is 44.3 Å². The van der Waals surface area contributed by atoms with Gasteiger partial charge in [0.2, 0.25) is 0 Å². The van der Waals surface area contributed by atoms with Gasteiger partial charge in [0.05, 0.1) is 28.3 Å². The minimum Gasteiger partial charge on any atom is -0.478 e. The van der Waals surface area contributed by atoms with Gasteiger partial charge in [-0.1, -0.05) is 129 Å². The van der Waals surface area contributed by atoms with Crippen LogP contribution in [0.2, 0.25) is 0 Å². The molecule has 3 aromatic heterocycles. The highest BCUT2D eigenvalue weighted by Gasteiger charge is 2.23. The Hall–Kier alpha value is -7.83. The summed E-state index contributed by atoms with van der Waals surface area (Å²) in [7, 11) is 0. The summed E-state index contributed by atoms with van der Waals surface area (Å²) in [6.07, 6.45) is 7.99. The van der Waals surface area contributed by atoms with Crippen molar-refractivity contribution in [2.45, 2.75) is 68.2 Å². The molecule has 0 saturated carbocycles. The fourth-order valence-electron chi connectivity index (χ4n) is 10.3. The van der Waals surface area contributed by atoms with Crippen LogP contribution in [-0.4, -0.2) is 31.0 Å². The van der Waals surface area contributed by atoms with E-state index in [9.17, 15) is 9.90 Å². The van der Waals surface area contributed by atoms with Crippen molar-refractivity contribution >= 4 is 51.8 Å². The van der Waals surface area contributed by atoms with Crippen LogP contribution in [0.5, 0.6) is 0 Å². The third-order valence-electron chi connectivity index (χ3n) is 12.9. The van der Waals surface area contributed by atoms with E-state index in [0.717, 1.165) is 100 Å². The van der Waals surface area contributed by atoms with Crippen LogP contribution in [0.15, 0.2) is 121 Å². The lowest BCUT2D eigenvalue weighted by molar-refractivity contribution is 0.0697. The molecular formula is C61H54N4O2. The molecule has 6 heteroatoms. The summed E-state index contributed by atoms with van der Waals surface area (Å²) in [6, 6.07) is 43.0. The molecule has 2 aliphatic heterocycles. The Labute approximate surface area is 392 Å². The zero-order valence-electron chi connectivity index (χ0n) is 39.4. The Morgan fingerprint density at radius 3 is 1.18 bits per heavy atom. The zero-order valence-corrected chi connectivity index (χ0v) is 39.4. The van der Waals surface area contributed by atoms with Crippen LogP contribution in [0.4, 0.5) is 0 Å². The van der Waals surface area contributed by atoms with E-state index in [4.69, 9.17) is 9.97 Å². The van der Waals surface area contributed by atoms with Crippen LogP contribution in [0.3, 0.4) is 0 Å². The SMILES string of the molecule is Cc1cc(C)cc(-c2c3nc(c(-c4cc(C)cc(C)c4)c4ccc([nH]4)c(-c4cc(C)cc(C)c4)c4nc(c(-c5cc(C)cc(C)c5)c5ccc2[nH]5)C=C4CCc2ccc(C(=O)O)cc2)C=C3)c1. The molecule has 3 N–H and O–H groups in total. The molecule has 0 spiro atoms. The number of aromatic nitrogens is 4. The molecule has 6 nitrogen and oxygen atoms in total. The van der Waals surface area contributed by atoms with Crippen LogP contribution < -0.4 is 0 Å². The molecule has 0 unspecified atom stereocenters. The number of aromatic carboxylic acids is 1. The number of hydrogen-bond donors (Lipinski definition) is 3. The lowest BCUT2D eigenvalue weighted by Gasteiger charge is -2.11. The Balaban J connectivity index is 1.38. The molecule has 8 aromatic rings. The van der Waals surface area contributed by atoms with Gasteiger partial charge in [-0.15, -0.1) is 0 Å². The second kappa shape index (κ2) is 17.2. The van der Waals surface area contributed by atoms with Crippen LogP contribution >= 0.6 is 0 Å². The van der Waals surface area contributed by atoms with Crippen LogP contribution in [-0.2, 0) is 6.42 Å². The van der Waals surface area contributed by atoms with E-state index >= 15 is 0 Å². The predicted octanol–water partition coefficient (Wildman–Crippen LogP) is 15.5. The second-order valence-corrected chi connectivity index (χ2v) is 18.8. The first kappa shape index (κ1) is 43.1. The number of rotatable bonds is 8. The van der Waals surface area contributed by atoms with Gasteiger partial charge in [0.25, 0.3) is 0 Å². The maximum absolute atomic E-state index is 11.8. The third kappa shape index (κ3) is 8.59. The first-order chi connectivity index (χ1) is 32.2. The molecule has 0 aliphatic carbocycles. The van der Waals surface area contributed by atoms with E-state index in [1.807, 2.05) is 12.1 Å². The van der Waals surface area contributed by atoms with Gasteiger partial charge >= 0.3 is 5.97 Å². The predicted molar refractivity (Wildman–Crippen MR) is 279 cm³/mol. The number of fused-ring (bicyclic) bond motifs is 8. The number of carbonyl (C=O) groups is 1. The molecular weight excluding hydrogens is 821 g/mol. The van der Waals surface area contributed by atoms with Crippen LogP contribution in [0.25, 0.3) is 90.4 Å². The van der Waals surface area contributed by atoms with E-state index in [1.54, 1.807) is 12.1 Å². The molecule has 0 amide bonds. The number of hydrogen-bond acceptors (Lipinski definition) is 3. The van der Waals surface area contributed by atoms with E-state index in [1.165, 1.54) is 44.5 Å². The number of allylic oxidation sites excluding steroid dienone is 1. The maximum Gasteiger partial charge on any atom is 0.335 e. The van der Waals surface area contributed by atoms with Gasteiger partial charge in [-0.3, -0.25) is 0 Å². The number of aromatic amines is 2. The topological polar surface area (TPSA) is 94.7 Å². The lowest BCUT2D eigenvalue weighted by atomic mass is 9.94. The fourth-order valence-corrected chi connectivity index (χ4v) is 10.3. The maximum atomic E-state index is 11.8. The van der Waals surface area contributed by atoms with Crippen molar-refractivity contribution in [3.05, 3.63) is 200 Å². The minimum atomic E-state index is -0.930. The number of benzene rings is 5. The summed E-state index contributed by atoms with van der Waals surface area (Å²) in [5, 5.41) is 9.67. The van der Waals surface area contributed by atoms with E-state index in [0.29, 0.717) is 12.8 Å². The molecule has 330 valence electrons. The van der Waals surface area contributed by atoms with Gasteiger partial charge in [0.1, 0.15) is 0 Å². The highest BCUT2D eigenvalue weighted by atomic mass is 16.4. The van der Waals surface area contributed by atoms with Crippen molar-refractivity contribution in [3.8, 4) is 44.5 Å². The Morgan fingerprint density at radius 2 is 0.791 bits per heavy atom. The lowest BCUT2D eigenvalue weighted by Crippen LogP contribution is -1.97. The Morgan fingerprint density at radius 1 is 0.433 bits per heavy atom. The summed E-state index contributed by atoms with van der Waals surface area (Å²) < 4.78 is 0. The quantitative estimate of drug-likeness (QED) is 0.142. The highest BCUT2D eigenvalue weighted by molar-refractivity contribution is 6.02. The highest BCUT2D eigenvalue weighted by Crippen LogP contribution is 2.42. The number of nitrogens with one attached hydrogen (secondary N) is 2. The van der Waals surface area contributed by atoms with Gasteiger partial charge in [-0.2, -0.15) is 0 Å². The van der Waals surface area contributed by atoms with E-state index in [2.05, 4.69) is 181 Å². The van der Waals surface area contributed by atoms with Gasteiger partial charge in [-0.25, -0.2) is 14.8 Å². The number of carboxylic acid groups (broad SMARTS) is 1.